The first kappa shape index (κ1) is 18.1. The third-order valence-electron chi connectivity index (χ3n) is 3.69. The topological polar surface area (TPSA) is 51.1 Å². The first-order valence-corrected chi connectivity index (χ1v) is 7.78. The minimum atomic E-state index is -2.89. The average Bonchev–Trinajstić information content (AvgIpc) is 2.72. The van der Waals surface area contributed by atoms with Crippen LogP contribution in [-0.2, 0) is 13.6 Å². The number of rotatable bonds is 5. The van der Waals surface area contributed by atoms with Crippen molar-refractivity contribution in [1.29, 1.82) is 0 Å². The highest BCUT2D eigenvalue weighted by Gasteiger charge is 2.12. The number of ether oxygens (including phenoxy) is 1. The van der Waals surface area contributed by atoms with E-state index in [2.05, 4.69) is 20.5 Å². The van der Waals surface area contributed by atoms with Crippen LogP contribution in [0.5, 0.6) is 5.75 Å². The van der Waals surface area contributed by atoms with E-state index in [0.29, 0.717) is 17.3 Å². The molecule has 0 saturated heterocycles. The zero-order chi connectivity index (χ0) is 17.9. The summed E-state index contributed by atoms with van der Waals surface area (Å²) in [7, 11) is 1.88. The quantitative estimate of drug-likeness (QED) is 0.806. The molecule has 0 unspecified atom stereocenters. The number of thiocarbonyl (C=S) groups is 1. The Hall–Kier alpha value is -2.22. The van der Waals surface area contributed by atoms with Gasteiger partial charge in [-0.05, 0) is 50.7 Å². The monoisotopic (exact) mass is 354 g/mol. The van der Waals surface area contributed by atoms with E-state index in [9.17, 15) is 8.78 Å². The summed E-state index contributed by atoms with van der Waals surface area (Å²) in [5, 5.41) is 10.6. The summed E-state index contributed by atoms with van der Waals surface area (Å²) in [6.45, 7) is 3.30. The van der Waals surface area contributed by atoms with Gasteiger partial charge in [-0.1, -0.05) is 6.07 Å². The molecule has 0 aliphatic rings. The molecule has 0 saturated carbocycles. The van der Waals surface area contributed by atoms with Gasteiger partial charge in [0.25, 0.3) is 0 Å². The molecule has 8 heteroatoms. The van der Waals surface area contributed by atoms with Crippen LogP contribution in [-0.4, -0.2) is 21.5 Å². The molecule has 1 aromatic carbocycles. The van der Waals surface area contributed by atoms with Gasteiger partial charge in [0.2, 0.25) is 0 Å². The van der Waals surface area contributed by atoms with Crippen LogP contribution in [0.4, 0.5) is 14.5 Å². The van der Waals surface area contributed by atoms with E-state index in [1.165, 1.54) is 6.07 Å². The number of alkyl halides is 2. The highest BCUT2D eigenvalue weighted by atomic mass is 32.1. The summed E-state index contributed by atoms with van der Waals surface area (Å²) in [6, 6.07) is 4.98. The van der Waals surface area contributed by atoms with Gasteiger partial charge in [0, 0.05) is 24.8 Å². The molecule has 130 valence electrons. The maximum absolute atomic E-state index is 12.5. The van der Waals surface area contributed by atoms with Crippen LogP contribution in [0, 0.1) is 20.8 Å². The second kappa shape index (κ2) is 7.57. The van der Waals surface area contributed by atoms with E-state index in [-0.39, 0.29) is 5.75 Å². The molecule has 0 fully saturated rings. The molecule has 2 N–H and O–H groups in total. The van der Waals surface area contributed by atoms with Crippen molar-refractivity contribution in [2.24, 2.45) is 7.05 Å². The van der Waals surface area contributed by atoms with Gasteiger partial charge in [0.05, 0.1) is 11.4 Å². The molecule has 2 rings (SSSR count). The fourth-order valence-electron chi connectivity index (χ4n) is 2.33. The number of nitrogens with one attached hydrogen (secondary N) is 2. The van der Waals surface area contributed by atoms with Crippen LogP contribution >= 0.6 is 12.2 Å². The van der Waals surface area contributed by atoms with E-state index < -0.39 is 6.61 Å². The lowest BCUT2D eigenvalue weighted by Crippen LogP contribution is -2.28. The molecule has 0 spiro atoms. The Balaban J connectivity index is 2.04. The van der Waals surface area contributed by atoms with Gasteiger partial charge >= 0.3 is 6.61 Å². The highest BCUT2D eigenvalue weighted by Crippen LogP contribution is 2.27. The minimum absolute atomic E-state index is 0.0582. The van der Waals surface area contributed by atoms with Crippen molar-refractivity contribution in [2.75, 3.05) is 5.32 Å². The Bertz CT molecular complexity index is 746. The molecule has 0 radical (unpaired) electrons. The molecule has 0 bridgehead atoms. The fourth-order valence-corrected chi connectivity index (χ4v) is 2.52. The number of benzene rings is 1. The second-order valence-corrected chi connectivity index (χ2v) is 5.87. The predicted molar refractivity (Wildman–Crippen MR) is 93.6 cm³/mol. The van der Waals surface area contributed by atoms with Crippen molar-refractivity contribution in [3.05, 3.63) is 40.7 Å². The van der Waals surface area contributed by atoms with Crippen LogP contribution in [0.15, 0.2) is 18.2 Å². The number of aromatic nitrogens is 2. The normalized spacial score (nSPS) is 10.8. The number of aryl methyl sites for hydroxylation is 3. The Morgan fingerprint density at radius 3 is 2.62 bits per heavy atom. The van der Waals surface area contributed by atoms with Gasteiger partial charge in [0.1, 0.15) is 5.75 Å². The van der Waals surface area contributed by atoms with Crippen molar-refractivity contribution >= 4 is 23.0 Å². The average molecular weight is 354 g/mol. The molecule has 24 heavy (non-hydrogen) atoms. The van der Waals surface area contributed by atoms with E-state index in [1.54, 1.807) is 23.7 Å². The SMILES string of the molecule is Cc1ccc(NC(=S)NCc2c(C)nn(C)c2C)c(OC(F)F)c1. The molecule has 0 atom stereocenters. The molecule has 1 heterocycles. The number of hydrogen-bond acceptors (Lipinski definition) is 3. The number of hydrogen-bond donors (Lipinski definition) is 2. The number of anilines is 1. The molecule has 5 nitrogen and oxygen atoms in total. The van der Waals surface area contributed by atoms with E-state index in [4.69, 9.17) is 12.2 Å². The molecule has 0 aliphatic carbocycles. The van der Waals surface area contributed by atoms with Gasteiger partial charge in [0.15, 0.2) is 5.11 Å². The Kier molecular flexibility index (Phi) is 5.71. The molecular weight excluding hydrogens is 334 g/mol. The molecule has 2 aromatic rings. The standard InChI is InChI=1S/C16H20F2N4OS/c1-9-5-6-13(14(7-9)23-15(17)18)20-16(24)19-8-12-10(2)21-22(4)11(12)3/h5-7,15H,8H2,1-4H3,(H2,19,20,24). The maximum Gasteiger partial charge on any atom is 0.387 e. The fraction of sp³-hybridized carbons (Fsp3) is 0.375. The largest absolute Gasteiger partial charge is 0.433 e. The van der Waals surface area contributed by atoms with E-state index in [0.717, 1.165) is 22.5 Å². The summed E-state index contributed by atoms with van der Waals surface area (Å²) in [6.07, 6.45) is 0. The van der Waals surface area contributed by atoms with E-state index in [1.807, 2.05) is 20.9 Å². The maximum atomic E-state index is 12.5. The first-order chi connectivity index (χ1) is 11.3. The van der Waals surface area contributed by atoms with Crippen LogP contribution in [0.3, 0.4) is 0 Å². The third-order valence-corrected chi connectivity index (χ3v) is 3.93. The first-order valence-electron chi connectivity index (χ1n) is 7.37. The molecule has 0 amide bonds. The van der Waals surface area contributed by atoms with Crippen LogP contribution in [0.1, 0.15) is 22.5 Å². The lowest BCUT2D eigenvalue weighted by molar-refractivity contribution is -0.0493. The Morgan fingerprint density at radius 2 is 2.04 bits per heavy atom. The number of halogens is 2. The highest BCUT2D eigenvalue weighted by molar-refractivity contribution is 7.80. The van der Waals surface area contributed by atoms with Crippen molar-refractivity contribution in [3.8, 4) is 5.75 Å². The lowest BCUT2D eigenvalue weighted by Gasteiger charge is -2.15. The summed E-state index contributed by atoms with van der Waals surface area (Å²) in [5.41, 5.74) is 4.21. The number of nitrogens with zero attached hydrogens (tertiary/aromatic N) is 2. The predicted octanol–water partition coefficient (Wildman–Crippen LogP) is 3.43. The lowest BCUT2D eigenvalue weighted by atomic mass is 10.2. The second-order valence-electron chi connectivity index (χ2n) is 5.46. The Labute approximate surface area is 145 Å². The molecular formula is C16H20F2N4OS. The van der Waals surface area contributed by atoms with Crippen LogP contribution in [0.25, 0.3) is 0 Å². The zero-order valence-electron chi connectivity index (χ0n) is 14.0. The summed E-state index contributed by atoms with van der Waals surface area (Å²) >= 11 is 5.24. The van der Waals surface area contributed by atoms with Gasteiger partial charge in [-0.25, -0.2) is 0 Å². The summed E-state index contributed by atoms with van der Waals surface area (Å²) in [5.74, 6) is 0.0582. The van der Waals surface area contributed by atoms with Gasteiger partial charge in [-0.3, -0.25) is 4.68 Å². The molecule has 1 aromatic heterocycles. The zero-order valence-corrected chi connectivity index (χ0v) is 14.8. The third kappa shape index (κ3) is 4.41. The van der Waals surface area contributed by atoms with Crippen LogP contribution in [0.2, 0.25) is 0 Å². The van der Waals surface area contributed by atoms with E-state index >= 15 is 0 Å². The van der Waals surface area contributed by atoms with Crippen molar-refractivity contribution < 1.29 is 13.5 Å². The van der Waals surface area contributed by atoms with Crippen LogP contribution < -0.4 is 15.4 Å². The summed E-state index contributed by atoms with van der Waals surface area (Å²) in [4.78, 5) is 0. The van der Waals surface area contributed by atoms with Gasteiger partial charge in [-0.2, -0.15) is 13.9 Å². The molecule has 0 aliphatic heterocycles. The van der Waals surface area contributed by atoms with Crippen molar-refractivity contribution in [2.45, 2.75) is 33.9 Å². The van der Waals surface area contributed by atoms with Gasteiger partial charge in [-0.15, -0.1) is 0 Å². The minimum Gasteiger partial charge on any atom is -0.433 e. The Morgan fingerprint density at radius 1 is 1.33 bits per heavy atom. The van der Waals surface area contributed by atoms with Crippen molar-refractivity contribution in [3.63, 3.8) is 0 Å². The van der Waals surface area contributed by atoms with Gasteiger partial charge < -0.3 is 15.4 Å². The smallest absolute Gasteiger partial charge is 0.387 e. The van der Waals surface area contributed by atoms with Crippen molar-refractivity contribution in [1.82, 2.24) is 15.1 Å². The summed E-state index contributed by atoms with van der Waals surface area (Å²) < 4.78 is 31.4.